The number of amides is 1. The van der Waals surface area contributed by atoms with E-state index in [2.05, 4.69) is 15.6 Å². The van der Waals surface area contributed by atoms with E-state index in [-0.39, 0.29) is 6.04 Å². The summed E-state index contributed by atoms with van der Waals surface area (Å²) < 4.78 is 5.14. The Morgan fingerprint density at radius 2 is 2.10 bits per heavy atom. The van der Waals surface area contributed by atoms with Crippen LogP contribution in [0.2, 0.25) is 0 Å². The van der Waals surface area contributed by atoms with Gasteiger partial charge in [0.05, 0.1) is 5.69 Å². The van der Waals surface area contributed by atoms with Gasteiger partial charge in [-0.1, -0.05) is 11.5 Å². The van der Waals surface area contributed by atoms with E-state index in [0.29, 0.717) is 18.6 Å². The molecule has 1 unspecified atom stereocenters. The molecular formula is C14H22BN3O2. The van der Waals surface area contributed by atoms with Gasteiger partial charge in [-0.15, -0.1) is 0 Å². The molecule has 1 amide bonds. The Balaban J connectivity index is 2.24. The molecule has 1 atom stereocenters. The summed E-state index contributed by atoms with van der Waals surface area (Å²) in [6.07, 6.45) is 1.23. The van der Waals surface area contributed by atoms with Crippen LogP contribution in [0.1, 0.15) is 39.4 Å². The lowest BCUT2D eigenvalue weighted by Gasteiger charge is -2.20. The van der Waals surface area contributed by atoms with Gasteiger partial charge in [-0.25, -0.2) is 4.79 Å². The minimum absolute atomic E-state index is 0.0936. The van der Waals surface area contributed by atoms with E-state index in [0.717, 1.165) is 5.69 Å². The number of aromatic nitrogens is 1. The Morgan fingerprint density at radius 1 is 1.40 bits per heavy atom. The molecule has 0 fully saturated rings. The maximum atomic E-state index is 11.4. The van der Waals surface area contributed by atoms with E-state index in [1.165, 1.54) is 0 Å². The second-order valence-corrected chi connectivity index (χ2v) is 5.62. The van der Waals surface area contributed by atoms with Crippen LogP contribution >= 0.6 is 0 Å². The highest BCUT2D eigenvalue weighted by atomic mass is 16.6. The summed E-state index contributed by atoms with van der Waals surface area (Å²) in [6, 6.07) is 3.80. The van der Waals surface area contributed by atoms with E-state index < -0.39 is 11.7 Å². The Labute approximate surface area is 121 Å². The molecule has 0 saturated carbocycles. The van der Waals surface area contributed by atoms with Crippen LogP contribution in [0, 0.1) is 0 Å². The van der Waals surface area contributed by atoms with Crippen LogP contribution in [0.3, 0.4) is 0 Å². The highest BCUT2D eigenvalue weighted by Gasteiger charge is 2.15. The molecule has 6 heteroatoms. The summed E-state index contributed by atoms with van der Waals surface area (Å²) in [5.74, 6) is 0. The average Bonchev–Trinajstić information content (AvgIpc) is 2.33. The van der Waals surface area contributed by atoms with Crippen LogP contribution in [0.4, 0.5) is 4.79 Å². The van der Waals surface area contributed by atoms with Crippen molar-refractivity contribution in [2.45, 2.75) is 39.3 Å². The fraction of sp³-hybridized carbons (Fsp3) is 0.571. The number of ether oxygens (including phenoxy) is 1. The molecule has 0 saturated heterocycles. The first-order valence-electron chi connectivity index (χ1n) is 6.69. The fourth-order valence-corrected chi connectivity index (χ4v) is 1.54. The molecule has 0 aliphatic carbocycles. The maximum Gasteiger partial charge on any atom is 0.407 e. The van der Waals surface area contributed by atoms with E-state index in [1.54, 1.807) is 6.20 Å². The number of nitrogens with one attached hydrogen (secondary N) is 2. The number of carbonyl (C=O) groups is 1. The number of carbonyl (C=O) groups excluding carboxylic acids is 1. The highest BCUT2D eigenvalue weighted by molar-refractivity contribution is 6.32. The molecule has 2 radical (unpaired) electrons. The summed E-state index contributed by atoms with van der Waals surface area (Å²) in [7, 11) is 5.59. The molecule has 1 rings (SSSR count). The predicted molar refractivity (Wildman–Crippen MR) is 80.3 cm³/mol. The number of alkyl carbamates (subject to hydrolysis) is 1. The molecule has 0 aliphatic heterocycles. The Kier molecular flexibility index (Phi) is 6.01. The van der Waals surface area contributed by atoms with Gasteiger partial charge in [-0.05, 0) is 33.8 Å². The van der Waals surface area contributed by atoms with Crippen molar-refractivity contribution < 1.29 is 9.53 Å². The van der Waals surface area contributed by atoms with Crippen molar-refractivity contribution in [3.05, 3.63) is 24.0 Å². The Bertz CT molecular complexity index is 429. The van der Waals surface area contributed by atoms with Crippen LogP contribution in [0.15, 0.2) is 18.3 Å². The van der Waals surface area contributed by atoms with Gasteiger partial charge in [0.15, 0.2) is 0 Å². The molecule has 2 N–H and O–H groups in total. The summed E-state index contributed by atoms with van der Waals surface area (Å²) in [5, 5.41) is 5.95. The quantitative estimate of drug-likeness (QED) is 0.623. The number of rotatable bonds is 5. The molecule has 1 aromatic heterocycles. The molecule has 0 spiro atoms. The lowest BCUT2D eigenvalue weighted by molar-refractivity contribution is 0.0528. The third-order valence-electron chi connectivity index (χ3n) is 2.50. The molecule has 20 heavy (non-hydrogen) atoms. The van der Waals surface area contributed by atoms with Crippen LogP contribution in [0.25, 0.3) is 0 Å². The summed E-state index contributed by atoms with van der Waals surface area (Å²) >= 11 is 0. The lowest BCUT2D eigenvalue weighted by atomic mass is 9.98. The van der Waals surface area contributed by atoms with Crippen molar-refractivity contribution in [3.63, 3.8) is 0 Å². The molecule has 0 aliphatic rings. The van der Waals surface area contributed by atoms with Crippen molar-refractivity contribution in [1.82, 2.24) is 15.6 Å². The number of hydrogen-bond acceptors (Lipinski definition) is 4. The normalized spacial score (nSPS) is 12.8. The van der Waals surface area contributed by atoms with E-state index in [4.69, 9.17) is 12.6 Å². The van der Waals surface area contributed by atoms with Crippen LogP contribution < -0.4 is 16.1 Å². The minimum Gasteiger partial charge on any atom is -0.444 e. The number of hydrogen-bond donors (Lipinski definition) is 2. The second-order valence-electron chi connectivity index (χ2n) is 5.62. The molecule has 0 bridgehead atoms. The highest BCUT2D eigenvalue weighted by Crippen LogP contribution is 2.07. The van der Waals surface area contributed by atoms with Gasteiger partial charge in [0, 0.05) is 25.3 Å². The minimum atomic E-state index is -0.474. The third kappa shape index (κ3) is 6.56. The first-order chi connectivity index (χ1) is 9.28. The van der Waals surface area contributed by atoms with Gasteiger partial charge in [0.2, 0.25) is 0 Å². The molecule has 5 nitrogen and oxygen atoms in total. The van der Waals surface area contributed by atoms with Gasteiger partial charge in [-0.2, -0.15) is 0 Å². The predicted octanol–water partition coefficient (Wildman–Crippen LogP) is 1.05. The zero-order chi connectivity index (χ0) is 15.2. The fourth-order valence-electron chi connectivity index (χ4n) is 1.54. The molecule has 1 heterocycles. The van der Waals surface area contributed by atoms with Crippen molar-refractivity contribution >= 4 is 19.4 Å². The van der Waals surface area contributed by atoms with Crippen LogP contribution in [-0.4, -0.2) is 37.6 Å². The second kappa shape index (κ2) is 7.29. The molecule has 108 valence electrons. The largest absolute Gasteiger partial charge is 0.444 e. The van der Waals surface area contributed by atoms with Gasteiger partial charge >= 0.3 is 6.09 Å². The van der Waals surface area contributed by atoms with Crippen molar-refractivity contribution in [1.29, 1.82) is 0 Å². The van der Waals surface area contributed by atoms with Gasteiger partial charge in [0.25, 0.3) is 0 Å². The van der Waals surface area contributed by atoms with Gasteiger partial charge in [-0.3, -0.25) is 4.98 Å². The van der Waals surface area contributed by atoms with Crippen LogP contribution in [-0.2, 0) is 4.74 Å². The van der Waals surface area contributed by atoms with E-state index in [1.807, 2.05) is 39.8 Å². The monoisotopic (exact) mass is 275 g/mol. The maximum absolute atomic E-state index is 11.4. The van der Waals surface area contributed by atoms with Gasteiger partial charge < -0.3 is 15.4 Å². The van der Waals surface area contributed by atoms with Gasteiger partial charge in [0.1, 0.15) is 13.4 Å². The number of nitrogens with zero attached hydrogens (tertiary/aromatic N) is 1. The summed E-state index contributed by atoms with van der Waals surface area (Å²) in [5.41, 5.74) is 1.09. The smallest absolute Gasteiger partial charge is 0.407 e. The standard InChI is InChI=1S/C14H22BN3O2/c1-10(12-6-5-11(15)9-18-12)16-7-8-17-13(19)20-14(2,3)4/h5-6,9-10,16H,7-8H2,1-4H3,(H,17,19). The molecular weight excluding hydrogens is 253 g/mol. The molecule has 1 aromatic rings. The summed E-state index contributed by atoms with van der Waals surface area (Å²) in [4.78, 5) is 15.7. The first kappa shape index (κ1) is 16.5. The van der Waals surface area contributed by atoms with E-state index >= 15 is 0 Å². The zero-order valence-corrected chi connectivity index (χ0v) is 12.6. The van der Waals surface area contributed by atoms with Crippen molar-refractivity contribution in [2.24, 2.45) is 0 Å². The first-order valence-corrected chi connectivity index (χ1v) is 6.69. The molecule has 0 aromatic carbocycles. The SMILES string of the molecule is [B]c1ccc(C(C)NCCNC(=O)OC(C)(C)C)nc1. The zero-order valence-electron chi connectivity index (χ0n) is 12.6. The Hall–Kier alpha value is -1.56. The number of pyridine rings is 1. The lowest BCUT2D eigenvalue weighted by Crippen LogP contribution is -2.37. The third-order valence-corrected chi connectivity index (χ3v) is 2.50. The van der Waals surface area contributed by atoms with Crippen molar-refractivity contribution in [3.8, 4) is 0 Å². The average molecular weight is 275 g/mol. The van der Waals surface area contributed by atoms with E-state index in [9.17, 15) is 4.79 Å². The topological polar surface area (TPSA) is 63.2 Å². The van der Waals surface area contributed by atoms with Crippen molar-refractivity contribution in [2.75, 3.05) is 13.1 Å². The summed E-state index contributed by atoms with van der Waals surface area (Å²) in [6.45, 7) is 8.63. The van der Waals surface area contributed by atoms with Crippen LogP contribution in [0.5, 0.6) is 0 Å². The Morgan fingerprint density at radius 3 is 2.65 bits per heavy atom.